The van der Waals surface area contributed by atoms with Gasteiger partial charge in [-0.1, -0.05) is 109 Å². The maximum atomic E-state index is 12.6. The van der Waals surface area contributed by atoms with E-state index in [0.29, 0.717) is 13.2 Å². The second kappa shape index (κ2) is 20.1. The summed E-state index contributed by atoms with van der Waals surface area (Å²) < 4.78 is 23.3. The van der Waals surface area contributed by atoms with Crippen LogP contribution in [0, 0.1) is 0 Å². The fourth-order valence-corrected chi connectivity index (χ4v) is 4.12. The summed E-state index contributed by atoms with van der Waals surface area (Å²) in [6.45, 7) is 8.61. The Morgan fingerprint density at radius 2 is 1.19 bits per heavy atom. The molecule has 0 bridgehead atoms. The molecule has 0 amide bonds. The molecule has 0 saturated carbocycles. The van der Waals surface area contributed by atoms with E-state index >= 15 is 0 Å². The number of unbranched alkanes of at least 4 members (excludes halogenated alkanes) is 12. The maximum absolute atomic E-state index is 12.6. The van der Waals surface area contributed by atoms with Gasteiger partial charge in [0.05, 0.1) is 24.7 Å². The van der Waals surface area contributed by atoms with E-state index in [-0.39, 0.29) is 11.1 Å². The lowest BCUT2D eigenvalue weighted by Gasteiger charge is -2.32. The molecule has 1 aromatic rings. The molecule has 1 unspecified atom stereocenters. The number of aromatic carboxylic acids is 1. The molecule has 37 heavy (non-hydrogen) atoms. The summed E-state index contributed by atoms with van der Waals surface area (Å²) in [6, 6.07) is 5.77. The van der Waals surface area contributed by atoms with Crippen LogP contribution in [0.3, 0.4) is 0 Å². The molecule has 0 radical (unpaired) electrons. The molecular weight excluding hydrogens is 472 g/mol. The minimum absolute atomic E-state index is 0.0902. The molecule has 7 nitrogen and oxygen atoms in total. The second-order valence-corrected chi connectivity index (χ2v) is 9.73. The summed E-state index contributed by atoms with van der Waals surface area (Å²) in [6.07, 6.45) is 15.3. The third-order valence-corrected chi connectivity index (χ3v) is 6.24. The molecule has 0 spiro atoms. The Morgan fingerprint density at radius 3 is 1.65 bits per heavy atom. The van der Waals surface area contributed by atoms with Crippen molar-refractivity contribution in [3.8, 4) is 0 Å². The molecule has 0 aromatic heterocycles. The van der Waals surface area contributed by atoms with Crippen LogP contribution in [0.1, 0.15) is 138 Å². The number of hydrogen-bond donors (Lipinski definition) is 0. The van der Waals surface area contributed by atoms with Crippen molar-refractivity contribution in [2.45, 2.75) is 130 Å². The number of rotatable bonds is 23. The molecule has 0 aliphatic carbocycles. The van der Waals surface area contributed by atoms with Crippen LogP contribution in [0.2, 0.25) is 0 Å². The molecule has 1 atom stereocenters. The lowest BCUT2D eigenvalue weighted by atomic mass is 10.1. The lowest BCUT2D eigenvalue weighted by molar-refractivity contribution is -0.401. The zero-order chi connectivity index (χ0) is 27.4. The Balaban J connectivity index is 2.60. The summed E-state index contributed by atoms with van der Waals surface area (Å²) in [5.74, 6) is -3.63. The molecule has 0 heterocycles. The molecule has 0 N–H and O–H groups in total. The van der Waals surface area contributed by atoms with Gasteiger partial charge in [0.2, 0.25) is 6.29 Å². The zero-order valence-corrected chi connectivity index (χ0v) is 23.6. The first-order chi connectivity index (χ1) is 17.8. The Kier molecular flexibility index (Phi) is 17.9. The van der Waals surface area contributed by atoms with Crippen molar-refractivity contribution in [1.29, 1.82) is 0 Å². The van der Waals surface area contributed by atoms with Crippen LogP contribution in [0.15, 0.2) is 24.3 Å². The normalized spacial score (nSPS) is 12.4. The first-order valence-corrected chi connectivity index (χ1v) is 14.3. The van der Waals surface area contributed by atoms with Crippen molar-refractivity contribution in [3.63, 3.8) is 0 Å². The van der Waals surface area contributed by atoms with E-state index < -0.39 is 24.2 Å². The highest BCUT2D eigenvalue weighted by molar-refractivity contribution is 6.01. The van der Waals surface area contributed by atoms with Crippen LogP contribution in [-0.2, 0) is 18.9 Å². The predicted octanol–water partition coefficient (Wildman–Crippen LogP) is 6.78. The minimum Gasteiger partial charge on any atom is -0.545 e. The lowest BCUT2D eigenvalue weighted by Crippen LogP contribution is -2.41. The number of ether oxygens (including phenoxy) is 4. The van der Waals surface area contributed by atoms with Crippen molar-refractivity contribution < 1.29 is 33.6 Å². The van der Waals surface area contributed by atoms with Crippen LogP contribution in [-0.4, -0.2) is 37.4 Å². The molecule has 0 fully saturated rings. The quantitative estimate of drug-likeness (QED) is 0.0890. The molecule has 0 aliphatic rings. The standard InChI is InChI=1S/C30H50O7/c1-5-7-9-11-13-15-19-23-34-30(4,35-24-20-16-14-12-10-8-6-2)37-25(3)36-29(33)27-22-18-17-21-26(27)28(31)32/h17-18,21-22,25H,5-16,19-20,23-24H2,1-4H3,(H,31,32)/p-1. The molecule has 1 aromatic carbocycles. The molecule has 7 heteroatoms. The van der Waals surface area contributed by atoms with E-state index in [2.05, 4.69) is 13.8 Å². The number of hydrogen-bond acceptors (Lipinski definition) is 7. The van der Waals surface area contributed by atoms with Crippen LogP contribution < -0.4 is 5.11 Å². The second-order valence-electron chi connectivity index (χ2n) is 9.73. The van der Waals surface area contributed by atoms with Gasteiger partial charge in [-0.15, -0.1) is 0 Å². The fraction of sp³-hybridized carbons (Fsp3) is 0.733. The van der Waals surface area contributed by atoms with Crippen molar-refractivity contribution in [2.75, 3.05) is 13.2 Å². The monoisotopic (exact) mass is 521 g/mol. The number of benzene rings is 1. The van der Waals surface area contributed by atoms with Gasteiger partial charge in [-0.25, -0.2) is 4.79 Å². The van der Waals surface area contributed by atoms with Gasteiger partial charge in [-0.2, -0.15) is 0 Å². The van der Waals surface area contributed by atoms with Gasteiger partial charge in [0.1, 0.15) is 0 Å². The van der Waals surface area contributed by atoms with Gasteiger partial charge < -0.3 is 24.1 Å². The van der Waals surface area contributed by atoms with E-state index in [1.54, 1.807) is 19.9 Å². The van der Waals surface area contributed by atoms with Crippen molar-refractivity contribution in [1.82, 2.24) is 0 Å². The highest BCUT2D eigenvalue weighted by Crippen LogP contribution is 2.21. The topological polar surface area (TPSA) is 94.1 Å². The number of esters is 1. The SMILES string of the molecule is CCCCCCCCCOC(C)(OCCCCCCCCC)OC(C)OC(=O)c1ccccc1C(=O)[O-]. The summed E-state index contributed by atoms with van der Waals surface area (Å²) in [5.41, 5.74) is -0.319. The van der Waals surface area contributed by atoms with Gasteiger partial charge >= 0.3 is 5.97 Å². The highest BCUT2D eigenvalue weighted by atomic mass is 16.9. The first-order valence-electron chi connectivity index (χ1n) is 14.3. The average molecular weight is 522 g/mol. The summed E-state index contributed by atoms with van der Waals surface area (Å²) in [5, 5.41) is 11.3. The molecule has 1 rings (SSSR count). The smallest absolute Gasteiger partial charge is 0.341 e. The largest absolute Gasteiger partial charge is 0.545 e. The third kappa shape index (κ3) is 15.1. The number of carboxylic acid groups (broad SMARTS) is 1. The van der Waals surface area contributed by atoms with Crippen LogP contribution in [0.4, 0.5) is 0 Å². The van der Waals surface area contributed by atoms with Gasteiger partial charge in [-0.05, 0) is 25.8 Å². The zero-order valence-electron chi connectivity index (χ0n) is 23.6. The predicted molar refractivity (Wildman–Crippen MR) is 143 cm³/mol. The summed E-state index contributed by atoms with van der Waals surface area (Å²) >= 11 is 0. The third-order valence-electron chi connectivity index (χ3n) is 6.24. The minimum atomic E-state index is -1.44. The first kappa shape index (κ1) is 33.1. The van der Waals surface area contributed by atoms with Gasteiger partial charge in [0.15, 0.2) is 0 Å². The van der Waals surface area contributed by atoms with Crippen LogP contribution >= 0.6 is 0 Å². The number of carbonyl (C=O) groups excluding carboxylic acids is 2. The number of carbonyl (C=O) groups is 2. The molecule has 0 aliphatic heterocycles. The number of carboxylic acids is 1. The Labute approximate surface area is 224 Å². The summed E-state index contributed by atoms with van der Waals surface area (Å²) in [4.78, 5) is 23.9. The van der Waals surface area contributed by atoms with Gasteiger partial charge in [0, 0.05) is 12.5 Å². The van der Waals surface area contributed by atoms with E-state index in [4.69, 9.17) is 18.9 Å². The average Bonchev–Trinajstić information content (AvgIpc) is 2.87. The van der Waals surface area contributed by atoms with Crippen molar-refractivity contribution >= 4 is 11.9 Å². The molecule has 212 valence electrons. The molecule has 0 saturated heterocycles. The van der Waals surface area contributed by atoms with Crippen molar-refractivity contribution in [3.05, 3.63) is 35.4 Å². The van der Waals surface area contributed by atoms with Gasteiger partial charge in [0.25, 0.3) is 5.97 Å². The van der Waals surface area contributed by atoms with Crippen LogP contribution in [0.25, 0.3) is 0 Å². The van der Waals surface area contributed by atoms with Crippen molar-refractivity contribution in [2.24, 2.45) is 0 Å². The van der Waals surface area contributed by atoms with E-state index in [0.717, 1.165) is 25.7 Å². The van der Waals surface area contributed by atoms with E-state index in [1.807, 2.05) is 0 Å². The van der Waals surface area contributed by atoms with Gasteiger partial charge in [-0.3, -0.25) is 4.74 Å². The maximum Gasteiger partial charge on any atom is 0.341 e. The Morgan fingerprint density at radius 1 is 0.757 bits per heavy atom. The Bertz CT molecular complexity index is 729. The Hall–Kier alpha value is -1.96. The summed E-state index contributed by atoms with van der Waals surface area (Å²) in [7, 11) is 0. The van der Waals surface area contributed by atoms with Crippen LogP contribution in [0.5, 0.6) is 0 Å². The van der Waals surface area contributed by atoms with E-state index in [9.17, 15) is 14.7 Å². The fourth-order valence-electron chi connectivity index (χ4n) is 4.12. The molecular formula is C30H49O7-. The highest BCUT2D eigenvalue weighted by Gasteiger charge is 2.31. The van der Waals surface area contributed by atoms with E-state index in [1.165, 1.54) is 82.4 Å².